The molecule has 0 aliphatic heterocycles. The number of hydrogen-bond donors (Lipinski definition) is 1. The van der Waals surface area contributed by atoms with E-state index in [2.05, 4.69) is 41.5 Å². The van der Waals surface area contributed by atoms with Crippen molar-refractivity contribution in [1.82, 2.24) is 10.4 Å². The molecular formula is C26H29N3O3. The number of benzene rings is 2. The summed E-state index contributed by atoms with van der Waals surface area (Å²) in [6.45, 7) is 5.60. The van der Waals surface area contributed by atoms with Gasteiger partial charge in [-0.15, -0.1) is 0 Å². The highest BCUT2D eigenvalue weighted by Gasteiger charge is 2.03. The molecule has 1 amide bonds. The fourth-order valence-electron chi connectivity index (χ4n) is 2.95. The Bertz CT molecular complexity index is 987. The molecule has 0 aliphatic carbocycles. The molecule has 6 heteroatoms. The highest BCUT2D eigenvalue weighted by Crippen LogP contribution is 2.21. The molecule has 1 N–H and O–H groups in total. The monoisotopic (exact) mass is 431 g/mol. The van der Waals surface area contributed by atoms with Crippen LogP contribution in [0.25, 0.3) is 0 Å². The van der Waals surface area contributed by atoms with Gasteiger partial charge < -0.3 is 9.47 Å². The van der Waals surface area contributed by atoms with E-state index in [1.165, 1.54) is 5.56 Å². The van der Waals surface area contributed by atoms with Crippen molar-refractivity contribution in [3.63, 3.8) is 0 Å². The molecule has 1 atom stereocenters. The summed E-state index contributed by atoms with van der Waals surface area (Å²) in [5, 5.41) is 3.98. The van der Waals surface area contributed by atoms with Gasteiger partial charge in [-0.2, -0.15) is 5.10 Å². The number of carbonyl (C=O) groups excluding carboxylic acids is 1. The molecule has 0 saturated carbocycles. The molecule has 0 fully saturated rings. The van der Waals surface area contributed by atoms with Crippen LogP contribution in [0, 0.1) is 0 Å². The van der Waals surface area contributed by atoms with E-state index < -0.39 is 0 Å². The molecule has 2 aromatic carbocycles. The predicted molar refractivity (Wildman–Crippen MR) is 126 cm³/mol. The first-order valence-electron chi connectivity index (χ1n) is 10.8. The molecule has 3 aromatic rings. The Morgan fingerprint density at radius 3 is 2.16 bits per heavy atom. The zero-order valence-corrected chi connectivity index (χ0v) is 18.5. The molecule has 32 heavy (non-hydrogen) atoms. The minimum Gasteiger partial charge on any atom is -0.493 e. The average molecular weight is 432 g/mol. The van der Waals surface area contributed by atoms with E-state index in [1.54, 1.807) is 30.7 Å². The second kappa shape index (κ2) is 12.2. The van der Waals surface area contributed by atoms with Crippen LogP contribution in [0.1, 0.15) is 54.1 Å². The van der Waals surface area contributed by atoms with E-state index in [4.69, 9.17) is 9.47 Å². The standard InChI is InChI=1S/C26H29N3O3/c1-3-20(2)22-7-11-25(12-8-22)32-18-4-17-31-24-9-5-21(6-10-24)19-28-29-26(30)23-13-15-27-16-14-23/h5-16,19-20H,3-4,17-18H2,1-2H3,(H,29,30)/b28-19-/t20-/m1/s1. The van der Waals surface area contributed by atoms with Gasteiger partial charge in [-0.1, -0.05) is 26.0 Å². The van der Waals surface area contributed by atoms with Crippen molar-refractivity contribution in [2.45, 2.75) is 32.6 Å². The Kier molecular flexibility index (Phi) is 8.80. The second-order valence-corrected chi connectivity index (χ2v) is 7.43. The van der Waals surface area contributed by atoms with Gasteiger partial charge in [0, 0.05) is 24.4 Å². The highest BCUT2D eigenvalue weighted by molar-refractivity contribution is 5.94. The molecule has 0 unspecified atom stereocenters. The van der Waals surface area contributed by atoms with E-state index in [-0.39, 0.29) is 5.91 Å². The summed E-state index contributed by atoms with van der Waals surface area (Å²) in [4.78, 5) is 15.8. The molecule has 0 radical (unpaired) electrons. The lowest BCUT2D eigenvalue weighted by molar-refractivity contribution is 0.0955. The maximum atomic E-state index is 11.9. The molecule has 0 saturated heterocycles. The number of hydrazone groups is 1. The zero-order valence-electron chi connectivity index (χ0n) is 18.5. The highest BCUT2D eigenvalue weighted by atomic mass is 16.5. The van der Waals surface area contributed by atoms with Crippen LogP contribution in [0.15, 0.2) is 78.2 Å². The number of rotatable bonds is 11. The minimum atomic E-state index is -0.280. The maximum Gasteiger partial charge on any atom is 0.271 e. The Morgan fingerprint density at radius 1 is 0.969 bits per heavy atom. The van der Waals surface area contributed by atoms with Gasteiger partial charge in [-0.05, 0) is 72.0 Å². The average Bonchev–Trinajstić information content (AvgIpc) is 2.85. The Morgan fingerprint density at radius 2 is 1.56 bits per heavy atom. The van der Waals surface area contributed by atoms with Gasteiger partial charge in [-0.3, -0.25) is 9.78 Å². The number of aromatic nitrogens is 1. The van der Waals surface area contributed by atoms with Gasteiger partial charge in [0.2, 0.25) is 0 Å². The lowest BCUT2D eigenvalue weighted by atomic mass is 9.99. The summed E-state index contributed by atoms with van der Waals surface area (Å²) in [6.07, 6.45) is 6.64. The second-order valence-electron chi connectivity index (χ2n) is 7.43. The van der Waals surface area contributed by atoms with E-state index in [1.807, 2.05) is 36.4 Å². The first-order valence-corrected chi connectivity index (χ1v) is 10.8. The predicted octanol–water partition coefficient (Wildman–Crippen LogP) is 5.21. The molecule has 1 aromatic heterocycles. The summed E-state index contributed by atoms with van der Waals surface area (Å²) in [7, 11) is 0. The number of pyridine rings is 1. The number of nitrogens with zero attached hydrogens (tertiary/aromatic N) is 2. The largest absolute Gasteiger partial charge is 0.493 e. The first kappa shape index (κ1) is 23.0. The lowest BCUT2D eigenvalue weighted by Gasteiger charge is -2.11. The fourth-order valence-corrected chi connectivity index (χ4v) is 2.95. The molecule has 3 rings (SSSR count). The molecule has 1 heterocycles. The zero-order chi connectivity index (χ0) is 22.6. The van der Waals surface area contributed by atoms with Crippen LogP contribution in [0.2, 0.25) is 0 Å². The van der Waals surface area contributed by atoms with Crippen molar-refractivity contribution in [2.24, 2.45) is 5.10 Å². The molecular weight excluding hydrogens is 402 g/mol. The van der Waals surface area contributed by atoms with Crippen LogP contribution in [0.3, 0.4) is 0 Å². The number of nitrogens with one attached hydrogen (secondary N) is 1. The van der Waals surface area contributed by atoms with Crippen LogP contribution >= 0.6 is 0 Å². The van der Waals surface area contributed by atoms with Crippen molar-refractivity contribution < 1.29 is 14.3 Å². The van der Waals surface area contributed by atoms with Crippen molar-refractivity contribution >= 4 is 12.1 Å². The van der Waals surface area contributed by atoms with Crippen LogP contribution in [-0.2, 0) is 0 Å². The van der Waals surface area contributed by atoms with E-state index in [0.29, 0.717) is 24.7 Å². The Hall–Kier alpha value is -3.67. The van der Waals surface area contributed by atoms with Crippen LogP contribution in [0.4, 0.5) is 0 Å². The maximum absolute atomic E-state index is 11.9. The molecule has 166 valence electrons. The third-order valence-corrected chi connectivity index (χ3v) is 5.09. The van der Waals surface area contributed by atoms with Gasteiger partial charge in [-0.25, -0.2) is 5.43 Å². The van der Waals surface area contributed by atoms with E-state index >= 15 is 0 Å². The summed E-state index contributed by atoms with van der Waals surface area (Å²) in [5.74, 6) is 1.95. The fraction of sp³-hybridized carbons (Fsp3) is 0.269. The molecule has 6 nitrogen and oxygen atoms in total. The van der Waals surface area contributed by atoms with Crippen molar-refractivity contribution in [3.8, 4) is 11.5 Å². The molecule has 0 bridgehead atoms. The van der Waals surface area contributed by atoms with Crippen molar-refractivity contribution in [2.75, 3.05) is 13.2 Å². The van der Waals surface area contributed by atoms with E-state index in [9.17, 15) is 4.79 Å². The van der Waals surface area contributed by atoms with Crippen molar-refractivity contribution in [1.29, 1.82) is 0 Å². The normalized spacial score (nSPS) is 11.8. The summed E-state index contributed by atoms with van der Waals surface area (Å²) >= 11 is 0. The van der Waals surface area contributed by atoms with Gasteiger partial charge in [0.1, 0.15) is 11.5 Å². The van der Waals surface area contributed by atoms with Gasteiger partial charge in [0.25, 0.3) is 5.91 Å². The quantitative estimate of drug-likeness (QED) is 0.257. The van der Waals surface area contributed by atoms with Crippen LogP contribution < -0.4 is 14.9 Å². The van der Waals surface area contributed by atoms with Gasteiger partial charge >= 0.3 is 0 Å². The Labute approximate surface area is 189 Å². The lowest BCUT2D eigenvalue weighted by Crippen LogP contribution is -2.17. The number of ether oxygens (including phenoxy) is 2. The SMILES string of the molecule is CC[C@@H](C)c1ccc(OCCCOc2ccc(/C=N\NC(=O)c3ccncc3)cc2)cc1. The van der Waals surface area contributed by atoms with Gasteiger partial charge in [0.05, 0.1) is 19.4 Å². The minimum absolute atomic E-state index is 0.280. The smallest absolute Gasteiger partial charge is 0.271 e. The van der Waals surface area contributed by atoms with E-state index in [0.717, 1.165) is 29.9 Å². The number of amides is 1. The molecule has 0 aliphatic rings. The summed E-state index contributed by atoms with van der Waals surface area (Å²) in [5.41, 5.74) is 5.20. The third-order valence-electron chi connectivity index (χ3n) is 5.09. The van der Waals surface area contributed by atoms with Gasteiger partial charge in [0.15, 0.2) is 0 Å². The molecule has 0 spiro atoms. The number of hydrogen-bond acceptors (Lipinski definition) is 5. The van der Waals surface area contributed by atoms with Crippen molar-refractivity contribution in [3.05, 3.63) is 89.7 Å². The topological polar surface area (TPSA) is 72.8 Å². The van der Waals surface area contributed by atoms with Crippen LogP contribution in [0.5, 0.6) is 11.5 Å². The summed E-state index contributed by atoms with van der Waals surface area (Å²) < 4.78 is 11.6. The summed E-state index contributed by atoms with van der Waals surface area (Å²) in [6, 6.07) is 19.1. The first-order chi connectivity index (χ1) is 15.7. The third kappa shape index (κ3) is 7.23. The number of carbonyl (C=O) groups is 1. The van der Waals surface area contributed by atoms with Crippen LogP contribution in [-0.4, -0.2) is 30.3 Å². The Balaban J connectivity index is 1.34.